The van der Waals surface area contributed by atoms with E-state index in [1.54, 1.807) is 37.3 Å². The summed E-state index contributed by atoms with van der Waals surface area (Å²) in [5.41, 5.74) is 0.925. The van der Waals surface area contributed by atoms with E-state index >= 15 is 0 Å². The number of aryl methyl sites for hydroxylation is 1. The Hall–Kier alpha value is -2.48. The zero-order chi connectivity index (χ0) is 16.6. The highest BCUT2D eigenvalue weighted by molar-refractivity contribution is 7.90. The van der Waals surface area contributed by atoms with Gasteiger partial charge in [0.05, 0.1) is 28.3 Å². The molecule has 0 bridgehead atoms. The summed E-state index contributed by atoms with van der Waals surface area (Å²) in [6, 6.07) is 7.98. The van der Waals surface area contributed by atoms with E-state index in [-0.39, 0.29) is 18.1 Å². The van der Waals surface area contributed by atoms with E-state index in [1.165, 1.54) is 0 Å². The van der Waals surface area contributed by atoms with Crippen LogP contribution < -0.4 is 0 Å². The minimum Gasteiger partial charge on any atom is -0.361 e. The Bertz CT molecular complexity index is 850. The van der Waals surface area contributed by atoms with Gasteiger partial charge < -0.3 is 4.52 Å². The molecule has 0 fully saturated rings. The lowest BCUT2D eigenvalue weighted by atomic mass is 10.1. The molecule has 0 spiro atoms. The first kappa shape index (κ1) is 15.4. The van der Waals surface area contributed by atoms with Crippen molar-refractivity contribution in [2.24, 2.45) is 0 Å². The third-order valence-corrected chi connectivity index (χ3v) is 5.09. The molecule has 1 aliphatic heterocycles. The predicted octanol–water partition coefficient (Wildman–Crippen LogP) is 1.19. The monoisotopic (exact) mass is 334 g/mol. The maximum absolute atomic E-state index is 12.2. The van der Waals surface area contributed by atoms with Crippen LogP contribution in [0.5, 0.6) is 0 Å². The van der Waals surface area contributed by atoms with Gasteiger partial charge in [0.2, 0.25) is 0 Å². The third-order valence-electron chi connectivity index (χ3n) is 3.55. The summed E-state index contributed by atoms with van der Waals surface area (Å²) in [5, 5.41) is 3.64. The topological polar surface area (TPSA) is 97.6 Å². The summed E-state index contributed by atoms with van der Waals surface area (Å²) in [6.07, 6.45) is 0. The lowest BCUT2D eigenvalue weighted by Gasteiger charge is -2.13. The molecule has 120 valence electrons. The Labute approximate surface area is 132 Å². The van der Waals surface area contributed by atoms with E-state index in [2.05, 4.69) is 5.16 Å². The van der Waals surface area contributed by atoms with Crippen LogP contribution in [0.2, 0.25) is 0 Å². The van der Waals surface area contributed by atoms with Gasteiger partial charge in [-0.3, -0.25) is 14.5 Å². The number of rotatable bonds is 5. The summed E-state index contributed by atoms with van der Waals surface area (Å²) >= 11 is 0. The van der Waals surface area contributed by atoms with E-state index < -0.39 is 21.7 Å². The zero-order valence-electron chi connectivity index (χ0n) is 12.4. The summed E-state index contributed by atoms with van der Waals surface area (Å²) < 4.78 is 29.1. The fourth-order valence-electron chi connectivity index (χ4n) is 2.46. The number of nitrogens with zero attached hydrogens (tertiary/aromatic N) is 2. The number of benzene rings is 1. The van der Waals surface area contributed by atoms with Crippen LogP contribution >= 0.6 is 0 Å². The van der Waals surface area contributed by atoms with Crippen LogP contribution in [-0.2, 0) is 15.6 Å². The number of sulfone groups is 1. The van der Waals surface area contributed by atoms with Crippen LogP contribution in [0, 0.1) is 6.92 Å². The second-order valence-corrected chi connectivity index (χ2v) is 7.51. The molecule has 0 unspecified atom stereocenters. The van der Waals surface area contributed by atoms with Gasteiger partial charge >= 0.3 is 0 Å². The van der Waals surface area contributed by atoms with E-state index in [0.29, 0.717) is 22.6 Å². The molecule has 7 nitrogen and oxygen atoms in total. The number of amides is 2. The van der Waals surface area contributed by atoms with Gasteiger partial charge in [0, 0.05) is 12.6 Å². The molecule has 0 saturated heterocycles. The van der Waals surface area contributed by atoms with E-state index in [4.69, 9.17) is 4.52 Å². The first-order chi connectivity index (χ1) is 10.9. The summed E-state index contributed by atoms with van der Waals surface area (Å²) in [7, 11) is -3.51. The Morgan fingerprint density at radius 3 is 2.26 bits per heavy atom. The molecule has 2 heterocycles. The Morgan fingerprint density at radius 2 is 1.74 bits per heavy atom. The zero-order valence-corrected chi connectivity index (χ0v) is 13.2. The normalized spacial score (nSPS) is 14.4. The minimum absolute atomic E-state index is 0.175. The standard InChI is InChI=1S/C15H14N2O5S/c1-10-8-11(16-22-10)9-23(20,21)7-6-17-14(18)12-4-2-3-5-13(12)15(17)19/h2-5,8H,6-7,9H2,1H3. The molecular formula is C15H14N2O5S. The number of imide groups is 1. The molecule has 2 aromatic rings. The van der Waals surface area contributed by atoms with Crippen molar-refractivity contribution in [1.82, 2.24) is 10.1 Å². The number of fused-ring (bicyclic) bond motifs is 1. The maximum atomic E-state index is 12.2. The van der Waals surface area contributed by atoms with Crippen LogP contribution in [0.1, 0.15) is 32.2 Å². The van der Waals surface area contributed by atoms with Crippen molar-refractivity contribution in [2.45, 2.75) is 12.7 Å². The summed E-state index contributed by atoms with van der Waals surface area (Å²) in [4.78, 5) is 25.3. The first-order valence-corrected chi connectivity index (χ1v) is 8.77. The Morgan fingerprint density at radius 1 is 1.13 bits per heavy atom. The van der Waals surface area contributed by atoms with Crippen LogP contribution in [0.3, 0.4) is 0 Å². The van der Waals surface area contributed by atoms with Gasteiger partial charge in [0.1, 0.15) is 5.76 Å². The van der Waals surface area contributed by atoms with Gasteiger partial charge in [-0.25, -0.2) is 8.42 Å². The third kappa shape index (κ3) is 3.02. The highest BCUT2D eigenvalue weighted by Gasteiger charge is 2.35. The van der Waals surface area contributed by atoms with Crippen molar-refractivity contribution in [3.8, 4) is 0 Å². The number of hydrogen-bond donors (Lipinski definition) is 0. The van der Waals surface area contributed by atoms with Crippen molar-refractivity contribution < 1.29 is 22.5 Å². The van der Waals surface area contributed by atoms with E-state index in [1.807, 2.05) is 0 Å². The molecule has 1 aromatic carbocycles. The van der Waals surface area contributed by atoms with Gasteiger partial charge in [-0.05, 0) is 19.1 Å². The van der Waals surface area contributed by atoms with E-state index in [9.17, 15) is 18.0 Å². The quantitative estimate of drug-likeness (QED) is 0.762. The second kappa shape index (κ2) is 5.62. The van der Waals surface area contributed by atoms with Crippen LogP contribution in [0.4, 0.5) is 0 Å². The highest BCUT2D eigenvalue weighted by Crippen LogP contribution is 2.22. The maximum Gasteiger partial charge on any atom is 0.261 e. The Balaban J connectivity index is 1.69. The van der Waals surface area contributed by atoms with Gasteiger partial charge in [-0.15, -0.1) is 0 Å². The fourth-order valence-corrected chi connectivity index (χ4v) is 3.65. The first-order valence-electron chi connectivity index (χ1n) is 6.95. The summed E-state index contributed by atoms with van der Waals surface area (Å²) in [5.74, 6) is -0.996. The lowest BCUT2D eigenvalue weighted by Crippen LogP contribution is -2.34. The molecule has 0 radical (unpaired) electrons. The molecule has 1 aliphatic rings. The molecule has 0 saturated carbocycles. The van der Waals surface area contributed by atoms with E-state index in [0.717, 1.165) is 4.90 Å². The molecule has 0 atom stereocenters. The molecule has 1 aromatic heterocycles. The SMILES string of the molecule is Cc1cc(CS(=O)(=O)CCN2C(=O)c3ccccc3C2=O)no1. The van der Waals surface area contributed by atoms with Crippen LogP contribution in [0.15, 0.2) is 34.9 Å². The highest BCUT2D eigenvalue weighted by atomic mass is 32.2. The van der Waals surface area contributed by atoms with Crippen molar-refractivity contribution in [1.29, 1.82) is 0 Å². The van der Waals surface area contributed by atoms with Crippen LogP contribution in [-0.4, -0.2) is 42.6 Å². The minimum atomic E-state index is -3.51. The molecule has 23 heavy (non-hydrogen) atoms. The molecule has 3 rings (SSSR count). The van der Waals surface area contributed by atoms with Gasteiger partial charge in [-0.2, -0.15) is 0 Å². The number of carbonyl (C=O) groups excluding carboxylic acids is 2. The number of aromatic nitrogens is 1. The molecule has 2 amide bonds. The molecule has 8 heteroatoms. The predicted molar refractivity (Wildman–Crippen MR) is 80.5 cm³/mol. The van der Waals surface area contributed by atoms with Crippen molar-refractivity contribution in [3.63, 3.8) is 0 Å². The fraction of sp³-hybridized carbons (Fsp3) is 0.267. The molecule has 0 aliphatic carbocycles. The summed E-state index contributed by atoms with van der Waals surface area (Å²) in [6.45, 7) is 1.49. The van der Waals surface area contributed by atoms with Gasteiger partial charge in [0.15, 0.2) is 9.84 Å². The number of hydrogen-bond acceptors (Lipinski definition) is 6. The smallest absolute Gasteiger partial charge is 0.261 e. The van der Waals surface area contributed by atoms with Gasteiger partial charge in [-0.1, -0.05) is 17.3 Å². The van der Waals surface area contributed by atoms with Crippen molar-refractivity contribution in [2.75, 3.05) is 12.3 Å². The average molecular weight is 334 g/mol. The molecular weight excluding hydrogens is 320 g/mol. The second-order valence-electron chi connectivity index (χ2n) is 5.33. The average Bonchev–Trinajstić information content (AvgIpc) is 3.00. The van der Waals surface area contributed by atoms with Crippen molar-refractivity contribution >= 4 is 21.7 Å². The van der Waals surface area contributed by atoms with Crippen LogP contribution in [0.25, 0.3) is 0 Å². The lowest BCUT2D eigenvalue weighted by molar-refractivity contribution is 0.0664. The largest absolute Gasteiger partial charge is 0.361 e. The van der Waals surface area contributed by atoms with Gasteiger partial charge in [0.25, 0.3) is 11.8 Å². The van der Waals surface area contributed by atoms with Crippen molar-refractivity contribution in [3.05, 3.63) is 52.9 Å². The number of carbonyl (C=O) groups is 2. The Kier molecular flexibility index (Phi) is 3.77. The molecule has 0 N–H and O–H groups in total.